The summed E-state index contributed by atoms with van der Waals surface area (Å²) in [7, 11) is 1.57. The molecule has 2 amide bonds. The van der Waals surface area contributed by atoms with Crippen molar-refractivity contribution in [3.63, 3.8) is 0 Å². The van der Waals surface area contributed by atoms with Gasteiger partial charge in [-0.05, 0) is 30.3 Å². The van der Waals surface area contributed by atoms with Crippen molar-refractivity contribution in [3.8, 4) is 0 Å². The quantitative estimate of drug-likeness (QED) is 0.773. The zero-order chi connectivity index (χ0) is 21.3. The van der Waals surface area contributed by atoms with E-state index in [1.165, 1.54) is 28.5 Å². The topological polar surface area (TPSA) is 56.3 Å². The maximum Gasteiger partial charge on any atom is 0.416 e. The molecule has 2 aromatic rings. The molecule has 158 valence electrons. The second kappa shape index (κ2) is 8.22. The molecular weight excluding hydrogens is 387 g/mol. The molecule has 0 unspecified atom stereocenters. The van der Waals surface area contributed by atoms with Gasteiger partial charge in [0, 0.05) is 45.8 Å². The Labute approximate surface area is 175 Å². The van der Waals surface area contributed by atoms with Gasteiger partial charge < -0.3 is 19.4 Å². The van der Waals surface area contributed by atoms with Crippen LogP contribution in [0.5, 0.6) is 0 Å². The van der Waals surface area contributed by atoms with Crippen LogP contribution >= 0.6 is 0 Å². The zero-order valence-electron chi connectivity index (χ0n) is 17.1. The Kier molecular flexibility index (Phi) is 5.48. The summed E-state index contributed by atoms with van der Waals surface area (Å²) in [6, 6.07) is 15.0. The SMILES string of the molecule is CC(=O)N(C)[C@H]1CN(c2ccc(N3CCN(c4ccccc4)CC3)c(F)c2)C(=O)O1. The number of para-hydroxylation sites is 1. The Bertz CT molecular complexity index is 931. The van der Waals surface area contributed by atoms with Gasteiger partial charge >= 0.3 is 6.09 Å². The fourth-order valence-corrected chi connectivity index (χ4v) is 3.83. The van der Waals surface area contributed by atoms with Gasteiger partial charge in [0.25, 0.3) is 0 Å². The van der Waals surface area contributed by atoms with E-state index < -0.39 is 12.3 Å². The second-order valence-corrected chi connectivity index (χ2v) is 7.52. The van der Waals surface area contributed by atoms with Gasteiger partial charge in [-0.25, -0.2) is 9.18 Å². The van der Waals surface area contributed by atoms with Crippen molar-refractivity contribution < 1.29 is 18.7 Å². The van der Waals surface area contributed by atoms with Gasteiger partial charge in [-0.1, -0.05) is 18.2 Å². The van der Waals surface area contributed by atoms with Crippen molar-refractivity contribution in [3.05, 3.63) is 54.3 Å². The van der Waals surface area contributed by atoms with Crippen LogP contribution in [0.2, 0.25) is 0 Å². The molecule has 0 aromatic heterocycles. The molecule has 2 heterocycles. The van der Waals surface area contributed by atoms with Crippen LogP contribution in [0.1, 0.15) is 6.92 Å². The fraction of sp³-hybridized carbons (Fsp3) is 0.364. The first-order chi connectivity index (χ1) is 14.4. The summed E-state index contributed by atoms with van der Waals surface area (Å²) in [5.74, 6) is -0.581. The third kappa shape index (κ3) is 3.90. The number of hydrogen-bond donors (Lipinski definition) is 0. The number of anilines is 3. The van der Waals surface area contributed by atoms with Gasteiger partial charge in [-0.15, -0.1) is 0 Å². The molecule has 2 saturated heterocycles. The molecule has 1 atom stereocenters. The number of ether oxygens (including phenoxy) is 1. The average Bonchev–Trinajstić information content (AvgIpc) is 3.15. The number of likely N-dealkylation sites (N-methyl/N-ethyl adjacent to an activating group) is 1. The minimum absolute atomic E-state index is 0.170. The maximum atomic E-state index is 14.9. The van der Waals surface area contributed by atoms with Crippen molar-refractivity contribution >= 4 is 29.1 Å². The van der Waals surface area contributed by atoms with Gasteiger partial charge in [0.1, 0.15) is 5.82 Å². The van der Waals surface area contributed by atoms with Crippen molar-refractivity contribution in [2.24, 2.45) is 0 Å². The molecule has 0 saturated carbocycles. The van der Waals surface area contributed by atoms with Gasteiger partial charge in [0.2, 0.25) is 5.91 Å². The summed E-state index contributed by atoms with van der Waals surface area (Å²) in [4.78, 5) is 30.7. The first-order valence-corrected chi connectivity index (χ1v) is 10.00. The number of amides is 2. The average molecular weight is 412 g/mol. The van der Waals surface area contributed by atoms with Crippen molar-refractivity contribution in [1.29, 1.82) is 0 Å². The molecular formula is C22H25FN4O3. The van der Waals surface area contributed by atoms with Crippen LogP contribution in [0.3, 0.4) is 0 Å². The lowest BCUT2D eigenvalue weighted by Gasteiger charge is -2.37. The summed E-state index contributed by atoms with van der Waals surface area (Å²) in [5, 5.41) is 0. The highest BCUT2D eigenvalue weighted by Crippen LogP contribution is 2.29. The number of carbonyl (C=O) groups excluding carboxylic acids is 2. The van der Waals surface area contributed by atoms with E-state index in [1.54, 1.807) is 19.2 Å². The number of cyclic esters (lactones) is 1. The Hall–Kier alpha value is -3.29. The standard InChI is InChI=1S/C22H25FN4O3/c1-16(28)24(2)21-15-27(22(29)30-21)18-8-9-20(19(23)14-18)26-12-10-25(11-13-26)17-6-4-3-5-7-17/h3-9,14,21H,10-13,15H2,1-2H3/t21-/m1/s1. The van der Waals surface area contributed by atoms with Gasteiger partial charge in [0.05, 0.1) is 17.9 Å². The molecule has 2 aliphatic rings. The third-order valence-corrected chi connectivity index (χ3v) is 5.71. The van der Waals surface area contributed by atoms with Gasteiger partial charge in [0.15, 0.2) is 6.23 Å². The monoisotopic (exact) mass is 412 g/mol. The molecule has 2 aromatic carbocycles. The van der Waals surface area contributed by atoms with Crippen LogP contribution in [-0.2, 0) is 9.53 Å². The van der Waals surface area contributed by atoms with E-state index in [4.69, 9.17) is 4.74 Å². The molecule has 0 radical (unpaired) electrons. The van der Waals surface area contributed by atoms with E-state index in [1.807, 2.05) is 23.1 Å². The highest BCUT2D eigenvalue weighted by atomic mass is 19.1. The maximum absolute atomic E-state index is 14.9. The lowest BCUT2D eigenvalue weighted by atomic mass is 10.2. The number of benzene rings is 2. The van der Waals surface area contributed by atoms with E-state index in [0.29, 0.717) is 24.5 Å². The van der Waals surface area contributed by atoms with Crippen LogP contribution < -0.4 is 14.7 Å². The number of hydrogen-bond acceptors (Lipinski definition) is 5. The molecule has 0 N–H and O–H groups in total. The van der Waals surface area contributed by atoms with Gasteiger partial charge in [-0.3, -0.25) is 9.69 Å². The molecule has 4 rings (SSSR count). The number of rotatable bonds is 4. The highest BCUT2D eigenvalue weighted by Gasteiger charge is 2.36. The Morgan fingerprint density at radius 3 is 2.33 bits per heavy atom. The normalized spacial score (nSPS) is 19.1. The van der Waals surface area contributed by atoms with E-state index in [0.717, 1.165) is 13.1 Å². The Morgan fingerprint density at radius 1 is 1.03 bits per heavy atom. The van der Waals surface area contributed by atoms with Crippen molar-refractivity contribution in [1.82, 2.24) is 4.90 Å². The third-order valence-electron chi connectivity index (χ3n) is 5.71. The molecule has 7 nitrogen and oxygen atoms in total. The minimum atomic E-state index is -0.677. The fourth-order valence-electron chi connectivity index (χ4n) is 3.83. The summed E-state index contributed by atoms with van der Waals surface area (Å²) in [5.41, 5.74) is 2.12. The summed E-state index contributed by atoms with van der Waals surface area (Å²) in [6.45, 7) is 4.61. The number of piperazine rings is 1. The Morgan fingerprint density at radius 2 is 1.70 bits per heavy atom. The number of nitrogens with zero attached hydrogens (tertiary/aromatic N) is 4. The van der Waals surface area contributed by atoms with Crippen LogP contribution in [0.25, 0.3) is 0 Å². The second-order valence-electron chi connectivity index (χ2n) is 7.52. The Balaban J connectivity index is 1.43. The van der Waals surface area contributed by atoms with Crippen LogP contribution in [0, 0.1) is 5.82 Å². The first kappa shape index (κ1) is 20.0. The molecule has 2 aliphatic heterocycles. The first-order valence-electron chi connectivity index (χ1n) is 10.00. The summed E-state index contributed by atoms with van der Waals surface area (Å²) >= 11 is 0. The van der Waals surface area contributed by atoms with Gasteiger partial charge in [-0.2, -0.15) is 0 Å². The number of carbonyl (C=O) groups is 2. The smallest absolute Gasteiger partial charge is 0.416 e. The van der Waals surface area contributed by atoms with E-state index in [2.05, 4.69) is 17.0 Å². The highest BCUT2D eigenvalue weighted by molar-refractivity contribution is 5.90. The van der Waals surface area contributed by atoms with E-state index >= 15 is 0 Å². The van der Waals surface area contributed by atoms with Crippen molar-refractivity contribution in [2.75, 3.05) is 54.5 Å². The molecule has 0 bridgehead atoms. The molecule has 30 heavy (non-hydrogen) atoms. The molecule has 0 spiro atoms. The lowest BCUT2D eigenvalue weighted by molar-refractivity contribution is -0.134. The molecule has 0 aliphatic carbocycles. The minimum Gasteiger partial charge on any atom is -0.423 e. The zero-order valence-corrected chi connectivity index (χ0v) is 17.1. The summed E-state index contributed by atoms with van der Waals surface area (Å²) < 4.78 is 20.2. The predicted molar refractivity (Wildman–Crippen MR) is 113 cm³/mol. The molecule has 8 heteroatoms. The van der Waals surface area contributed by atoms with Crippen LogP contribution in [0.15, 0.2) is 48.5 Å². The summed E-state index contributed by atoms with van der Waals surface area (Å²) in [6.07, 6.45) is -1.26. The number of halogens is 1. The van der Waals surface area contributed by atoms with E-state index in [9.17, 15) is 14.0 Å². The van der Waals surface area contributed by atoms with Crippen LogP contribution in [0.4, 0.5) is 26.2 Å². The molecule has 2 fully saturated rings. The predicted octanol–water partition coefficient (Wildman–Crippen LogP) is 2.91. The lowest BCUT2D eigenvalue weighted by Crippen LogP contribution is -2.46. The largest absolute Gasteiger partial charge is 0.423 e. The van der Waals surface area contributed by atoms with E-state index in [-0.39, 0.29) is 18.3 Å². The van der Waals surface area contributed by atoms with Crippen LogP contribution in [-0.4, -0.2) is 62.9 Å². The van der Waals surface area contributed by atoms with Crippen molar-refractivity contribution in [2.45, 2.75) is 13.2 Å².